The van der Waals surface area contributed by atoms with Gasteiger partial charge in [-0.25, -0.2) is 4.79 Å². The molecule has 0 fully saturated rings. The Balaban J connectivity index is 2.87. The van der Waals surface area contributed by atoms with Crippen LogP contribution in [0.15, 0.2) is 15.8 Å². The van der Waals surface area contributed by atoms with Crippen LogP contribution in [-0.4, -0.2) is 21.9 Å². The molecular weight excluding hydrogens is 222 g/mol. The van der Waals surface area contributed by atoms with Crippen molar-refractivity contribution >= 4 is 5.91 Å². The number of aromatic amines is 2. The number of carbonyl (C=O) groups excluding carboxylic acids is 1. The zero-order valence-corrected chi connectivity index (χ0v) is 9.37. The van der Waals surface area contributed by atoms with E-state index in [1.54, 1.807) is 0 Å². The van der Waals surface area contributed by atoms with Crippen molar-refractivity contribution in [3.63, 3.8) is 0 Å². The van der Waals surface area contributed by atoms with E-state index in [-0.39, 0.29) is 5.56 Å². The number of hydrogen-bond donors (Lipinski definition) is 3. The Labute approximate surface area is 97.5 Å². The van der Waals surface area contributed by atoms with E-state index in [0.717, 1.165) is 12.6 Å². The van der Waals surface area contributed by atoms with E-state index >= 15 is 0 Å². The highest BCUT2D eigenvalue weighted by atomic mass is 16.2. The molecule has 1 rings (SSSR count). The summed E-state index contributed by atoms with van der Waals surface area (Å²) in [7, 11) is 0. The molecule has 1 aromatic heterocycles. The zero-order valence-electron chi connectivity index (χ0n) is 9.37. The van der Waals surface area contributed by atoms with Gasteiger partial charge in [-0.15, -0.1) is 6.42 Å². The smallest absolute Gasteiger partial charge is 0.325 e. The SMILES string of the molecule is C#CC(CCC)NC(=O)c1c[nH]c(=O)[nH]c1=O. The third kappa shape index (κ3) is 3.34. The predicted molar refractivity (Wildman–Crippen MR) is 62.7 cm³/mol. The summed E-state index contributed by atoms with van der Waals surface area (Å²) in [6, 6.07) is -0.418. The Morgan fingerprint density at radius 1 is 1.59 bits per heavy atom. The lowest BCUT2D eigenvalue weighted by Crippen LogP contribution is -2.38. The van der Waals surface area contributed by atoms with Gasteiger partial charge in [-0.2, -0.15) is 0 Å². The Bertz CT molecular complexity index is 550. The van der Waals surface area contributed by atoms with Crippen molar-refractivity contribution in [3.05, 3.63) is 32.6 Å². The monoisotopic (exact) mass is 235 g/mol. The molecule has 1 atom stereocenters. The topological polar surface area (TPSA) is 94.8 Å². The van der Waals surface area contributed by atoms with Crippen molar-refractivity contribution in [2.75, 3.05) is 0 Å². The van der Waals surface area contributed by atoms with Gasteiger partial charge in [0, 0.05) is 6.20 Å². The molecule has 0 aliphatic rings. The van der Waals surface area contributed by atoms with Crippen molar-refractivity contribution in [1.29, 1.82) is 0 Å². The molecule has 1 amide bonds. The van der Waals surface area contributed by atoms with E-state index in [2.05, 4.69) is 16.2 Å². The van der Waals surface area contributed by atoms with Crippen LogP contribution in [0, 0.1) is 12.3 Å². The first kappa shape index (κ1) is 12.8. The molecule has 0 radical (unpaired) electrons. The number of carbonyl (C=O) groups is 1. The molecular formula is C11H13N3O3. The molecule has 1 unspecified atom stereocenters. The van der Waals surface area contributed by atoms with Crippen LogP contribution in [0.5, 0.6) is 0 Å². The van der Waals surface area contributed by atoms with E-state index in [9.17, 15) is 14.4 Å². The average Bonchev–Trinajstić information content (AvgIpc) is 2.28. The first-order chi connectivity index (χ1) is 8.08. The molecule has 0 bridgehead atoms. The van der Waals surface area contributed by atoms with Crippen molar-refractivity contribution in [2.45, 2.75) is 25.8 Å². The number of aromatic nitrogens is 2. The van der Waals surface area contributed by atoms with Gasteiger partial charge in [-0.1, -0.05) is 19.3 Å². The minimum atomic E-state index is -0.737. The van der Waals surface area contributed by atoms with Gasteiger partial charge < -0.3 is 10.3 Å². The number of terminal acetylenes is 1. The zero-order chi connectivity index (χ0) is 12.8. The summed E-state index contributed by atoms with van der Waals surface area (Å²) in [6.07, 6.45) is 7.75. The highest BCUT2D eigenvalue weighted by Gasteiger charge is 2.14. The van der Waals surface area contributed by atoms with Crippen LogP contribution in [0.3, 0.4) is 0 Å². The molecule has 17 heavy (non-hydrogen) atoms. The quantitative estimate of drug-likeness (QED) is 0.619. The minimum absolute atomic E-state index is 0.166. The molecule has 0 aromatic carbocycles. The number of hydrogen-bond acceptors (Lipinski definition) is 3. The van der Waals surface area contributed by atoms with Crippen molar-refractivity contribution in [1.82, 2.24) is 15.3 Å². The highest BCUT2D eigenvalue weighted by Crippen LogP contribution is 1.96. The number of H-pyrrole nitrogens is 2. The second kappa shape index (κ2) is 5.70. The largest absolute Gasteiger partial charge is 0.338 e. The molecule has 0 saturated carbocycles. The van der Waals surface area contributed by atoms with Crippen molar-refractivity contribution in [2.24, 2.45) is 0 Å². The molecule has 0 aliphatic heterocycles. The standard InChI is InChI=1S/C11H13N3O3/c1-3-5-7(4-2)13-9(15)8-6-12-11(17)14-10(8)16/h2,6-7H,3,5H2,1H3,(H,13,15)(H2,12,14,16,17). The molecule has 0 aliphatic carbocycles. The predicted octanol–water partition coefficient (Wildman–Crippen LogP) is -0.405. The van der Waals surface area contributed by atoms with E-state index < -0.39 is 23.2 Å². The van der Waals surface area contributed by atoms with Crippen molar-refractivity contribution < 1.29 is 4.79 Å². The highest BCUT2D eigenvalue weighted by molar-refractivity contribution is 5.93. The first-order valence-corrected chi connectivity index (χ1v) is 5.17. The van der Waals surface area contributed by atoms with E-state index in [4.69, 9.17) is 6.42 Å². The summed E-state index contributed by atoms with van der Waals surface area (Å²) in [4.78, 5) is 37.9. The maximum Gasteiger partial charge on any atom is 0.325 e. The summed E-state index contributed by atoms with van der Waals surface area (Å²) >= 11 is 0. The fourth-order valence-electron chi connectivity index (χ4n) is 1.30. The summed E-state index contributed by atoms with van der Waals surface area (Å²) < 4.78 is 0. The molecule has 1 aromatic rings. The van der Waals surface area contributed by atoms with E-state index in [1.807, 2.05) is 11.9 Å². The van der Waals surface area contributed by atoms with Crippen LogP contribution in [-0.2, 0) is 0 Å². The Morgan fingerprint density at radius 2 is 2.29 bits per heavy atom. The van der Waals surface area contributed by atoms with Crippen LogP contribution in [0.2, 0.25) is 0 Å². The summed E-state index contributed by atoms with van der Waals surface area (Å²) in [6.45, 7) is 1.93. The van der Waals surface area contributed by atoms with Crippen LogP contribution in [0.4, 0.5) is 0 Å². The fraction of sp³-hybridized carbons (Fsp3) is 0.364. The molecule has 1 heterocycles. The fourth-order valence-corrected chi connectivity index (χ4v) is 1.30. The number of amides is 1. The third-order valence-electron chi connectivity index (χ3n) is 2.15. The minimum Gasteiger partial charge on any atom is -0.338 e. The molecule has 0 saturated heterocycles. The van der Waals surface area contributed by atoms with E-state index in [1.165, 1.54) is 0 Å². The van der Waals surface area contributed by atoms with Gasteiger partial charge in [0.1, 0.15) is 5.56 Å². The lowest BCUT2D eigenvalue weighted by molar-refractivity contribution is 0.0942. The van der Waals surface area contributed by atoms with Gasteiger partial charge in [-0.3, -0.25) is 14.6 Å². The van der Waals surface area contributed by atoms with Crippen molar-refractivity contribution in [3.8, 4) is 12.3 Å². The van der Waals surface area contributed by atoms with Crippen LogP contribution < -0.4 is 16.6 Å². The van der Waals surface area contributed by atoms with E-state index in [0.29, 0.717) is 6.42 Å². The molecule has 0 spiro atoms. The second-order valence-electron chi connectivity index (χ2n) is 3.47. The molecule has 3 N–H and O–H groups in total. The summed E-state index contributed by atoms with van der Waals surface area (Å²) in [5.74, 6) is 1.82. The van der Waals surface area contributed by atoms with Gasteiger partial charge in [0.25, 0.3) is 11.5 Å². The van der Waals surface area contributed by atoms with Gasteiger partial charge in [-0.05, 0) is 6.42 Å². The second-order valence-corrected chi connectivity index (χ2v) is 3.47. The van der Waals surface area contributed by atoms with Crippen LogP contribution in [0.1, 0.15) is 30.1 Å². The average molecular weight is 235 g/mol. The van der Waals surface area contributed by atoms with Crippen LogP contribution >= 0.6 is 0 Å². The molecule has 6 heteroatoms. The Kier molecular flexibility index (Phi) is 4.29. The maximum atomic E-state index is 11.7. The normalized spacial score (nSPS) is 11.5. The van der Waals surface area contributed by atoms with Crippen LogP contribution in [0.25, 0.3) is 0 Å². The molecule has 90 valence electrons. The van der Waals surface area contributed by atoms with Gasteiger partial charge in [0.15, 0.2) is 0 Å². The summed E-state index contributed by atoms with van der Waals surface area (Å²) in [5, 5.41) is 2.53. The van der Waals surface area contributed by atoms with Gasteiger partial charge in [0.05, 0.1) is 6.04 Å². The van der Waals surface area contributed by atoms with Gasteiger partial charge in [0.2, 0.25) is 0 Å². The Morgan fingerprint density at radius 3 is 2.82 bits per heavy atom. The first-order valence-electron chi connectivity index (χ1n) is 5.17. The Hall–Kier alpha value is -2.29. The number of nitrogens with one attached hydrogen (secondary N) is 3. The molecule has 6 nitrogen and oxygen atoms in total. The lowest BCUT2D eigenvalue weighted by Gasteiger charge is -2.11. The maximum absolute atomic E-state index is 11.7. The third-order valence-corrected chi connectivity index (χ3v) is 2.15. The summed E-state index contributed by atoms with van der Waals surface area (Å²) in [5.41, 5.74) is -1.56. The van der Waals surface area contributed by atoms with Gasteiger partial charge >= 0.3 is 5.69 Å². The number of rotatable bonds is 4. The lowest BCUT2D eigenvalue weighted by atomic mass is 10.1.